The largest absolute Gasteiger partial charge is 0.397 e. The first-order valence-electron chi connectivity index (χ1n) is 5.16. The first-order chi connectivity index (χ1) is 7.56. The number of aliphatic hydroxyl groups excluding tert-OH is 1. The first kappa shape index (κ1) is 11.7. The molecule has 0 bridgehead atoms. The fraction of sp³-hybridized carbons (Fsp3) is 0.455. The highest BCUT2D eigenvalue weighted by Crippen LogP contribution is 2.45. The Morgan fingerprint density at radius 2 is 2.19 bits per heavy atom. The smallest absolute Gasteiger partial charge is 0.126 e. The van der Waals surface area contributed by atoms with Crippen LogP contribution in [0.1, 0.15) is 12.8 Å². The fourth-order valence-corrected chi connectivity index (χ4v) is 2.21. The van der Waals surface area contributed by atoms with Crippen LogP contribution in [-0.4, -0.2) is 18.3 Å². The molecule has 2 rings (SSSR count). The number of halogens is 2. The number of anilines is 2. The number of aliphatic hydroxyl groups is 1. The van der Waals surface area contributed by atoms with Crippen molar-refractivity contribution in [1.29, 1.82) is 0 Å². The summed E-state index contributed by atoms with van der Waals surface area (Å²) in [5.74, 6) is -0.363. The minimum atomic E-state index is -0.363. The molecule has 0 saturated heterocycles. The van der Waals surface area contributed by atoms with E-state index in [-0.39, 0.29) is 17.8 Å². The van der Waals surface area contributed by atoms with Gasteiger partial charge in [-0.25, -0.2) is 4.39 Å². The summed E-state index contributed by atoms with van der Waals surface area (Å²) < 4.78 is 13.6. The van der Waals surface area contributed by atoms with Crippen molar-refractivity contribution in [3.8, 4) is 0 Å². The van der Waals surface area contributed by atoms with Crippen LogP contribution in [0.2, 0.25) is 0 Å². The zero-order chi connectivity index (χ0) is 11.8. The van der Waals surface area contributed by atoms with Crippen molar-refractivity contribution in [3.63, 3.8) is 0 Å². The van der Waals surface area contributed by atoms with Crippen LogP contribution in [0.15, 0.2) is 16.6 Å². The van der Waals surface area contributed by atoms with Crippen LogP contribution >= 0.6 is 15.9 Å². The van der Waals surface area contributed by atoms with E-state index in [0.717, 1.165) is 12.8 Å². The molecule has 0 aliphatic heterocycles. The van der Waals surface area contributed by atoms with Gasteiger partial charge in [0.05, 0.1) is 18.0 Å². The normalized spacial score (nSPS) is 17.2. The number of rotatable bonds is 4. The van der Waals surface area contributed by atoms with Crippen molar-refractivity contribution in [2.24, 2.45) is 5.41 Å². The lowest BCUT2D eigenvalue weighted by Crippen LogP contribution is -2.19. The molecule has 1 aliphatic rings. The summed E-state index contributed by atoms with van der Waals surface area (Å²) in [4.78, 5) is 0. The second-order valence-electron chi connectivity index (χ2n) is 4.36. The topological polar surface area (TPSA) is 58.3 Å². The maximum Gasteiger partial charge on any atom is 0.126 e. The van der Waals surface area contributed by atoms with Crippen molar-refractivity contribution < 1.29 is 9.50 Å². The zero-order valence-corrected chi connectivity index (χ0v) is 10.3. The number of benzene rings is 1. The van der Waals surface area contributed by atoms with Gasteiger partial charge in [-0.3, -0.25) is 0 Å². The van der Waals surface area contributed by atoms with Gasteiger partial charge in [0, 0.05) is 16.4 Å². The highest BCUT2D eigenvalue weighted by molar-refractivity contribution is 9.10. The zero-order valence-electron chi connectivity index (χ0n) is 8.76. The Labute approximate surface area is 102 Å². The second kappa shape index (κ2) is 4.22. The van der Waals surface area contributed by atoms with Crippen molar-refractivity contribution in [3.05, 3.63) is 22.4 Å². The molecule has 0 aromatic heterocycles. The highest BCUT2D eigenvalue weighted by atomic mass is 79.9. The van der Waals surface area contributed by atoms with E-state index in [4.69, 9.17) is 5.73 Å². The molecule has 0 spiro atoms. The SMILES string of the molecule is Nc1cc(F)cc(Br)c1NCC1(CO)CC1. The van der Waals surface area contributed by atoms with Gasteiger partial charge in [0.25, 0.3) is 0 Å². The van der Waals surface area contributed by atoms with E-state index in [1.54, 1.807) is 0 Å². The van der Waals surface area contributed by atoms with E-state index in [2.05, 4.69) is 21.2 Å². The summed E-state index contributed by atoms with van der Waals surface area (Å²) in [5, 5.41) is 12.3. The third kappa shape index (κ3) is 2.30. The Morgan fingerprint density at radius 3 is 2.69 bits per heavy atom. The Morgan fingerprint density at radius 1 is 1.50 bits per heavy atom. The second-order valence-corrected chi connectivity index (χ2v) is 5.22. The maximum atomic E-state index is 13.0. The fourth-order valence-electron chi connectivity index (χ4n) is 1.62. The van der Waals surface area contributed by atoms with Gasteiger partial charge in [-0.15, -0.1) is 0 Å². The lowest BCUT2D eigenvalue weighted by atomic mass is 10.1. The summed E-state index contributed by atoms with van der Waals surface area (Å²) in [6, 6.07) is 2.66. The average molecular weight is 289 g/mol. The summed E-state index contributed by atoms with van der Waals surface area (Å²) >= 11 is 3.26. The quantitative estimate of drug-likeness (QED) is 0.746. The van der Waals surface area contributed by atoms with Gasteiger partial charge in [-0.05, 0) is 40.9 Å². The molecule has 1 aromatic carbocycles. The molecule has 3 nitrogen and oxygen atoms in total. The van der Waals surface area contributed by atoms with Crippen LogP contribution in [0.25, 0.3) is 0 Å². The Kier molecular flexibility index (Phi) is 3.08. The molecule has 4 N–H and O–H groups in total. The van der Waals surface area contributed by atoms with E-state index in [9.17, 15) is 9.50 Å². The summed E-state index contributed by atoms with van der Waals surface area (Å²) in [7, 11) is 0. The molecule has 0 radical (unpaired) electrons. The number of nitrogen functional groups attached to an aromatic ring is 1. The van der Waals surface area contributed by atoms with Gasteiger partial charge in [0.1, 0.15) is 5.82 Å². The number of nitrogens with one attached hydrogen (secondary N) is 1. The van der Waals surface area contributed by atoms with Gasteiger partial charge in [-0.2, -0.15) is 0 Å². The van der Waals surface area contributed by atoms with Crippen LogP contribution in [0.3, 0.4) is 0 Å². The number of hydrogen-bond donors (Lipinski definition) is 3. The van der Waals surface area contributed by atoms with Crippen molar-refractivity contribution in [1.82, 2.24) is 0 Å². The molecule has 1 aromatic rings. The molecule has 1 saturated carbocycles. The lowest BCUT2D eigenvalue weighted by Gasteiger charge is -2.16. The van der Waals surface area contributed by atoms with E-state index >= 15 is 0 Å². The summed E-state index contributed by atoms with van der Waals surface area (Å²) in [5.41, 5.74) is 6.79. The number of nitrogens with two attached hydrogens (primary N) is 1. The van der Waals surface area contributed by atoms with Gasteiger partial charge in [-0.1, -0.05) is 0 Å². The lowest BCUT2D eigenvalue weighted by molar-refractivity contribution is 0.220. The van der Waals surface area contributed by atoms with E-state index in [1.165, 1.54) is 12.1 Å². The number of hydrogen-bond acceptors (Lipinski definition) is 3. The highest BCUT2D eigenvalue weighted by Gasteiger charge is 2.41. The Hall–Kier alpha value is -0.810. The van der Waals surface area contributed by atoms with Crippen molar-refractivity contribution in [2.75, 3.05) is 24.2 Å². The molecule has 0 atom stereocenters. The molecule has 88 valence electrons. The first-order valence-corrected chi connectivity index (χ1v) is 5.95. The molecule has 1 aliphatic carbocycles. The van der Waals surface area contributed by atoms with Crippen LogP contribution < -0.4 is 11.1 Å². The molecule has 0 unspecified atom stereocenters. The van der Waals surface area contributed by atoms with Gasteiger partial charge < -0.3 is 16.2 Å². The van der Waals surface area contributed by atoms with Crippen LogP contribution in [0, 0.1) is 11.2 Å². The molecule has 16 heavy (non-hydrogen) atoms. The van der Waals surface area contributed by atoms with Crippen LogP contribution in [0.5, 0.6) is 0 Å². The average Bonchev–Trinajstić information content (AvgIpc) is 2.97. The predicted octanol–water partition coefficient (Wildman–Crippen LogP) is 2.35. The molecular weight excluding hydrogens is 275 g/mol. The van der Waals surface area contributed by atoms with Gasteiger partial charge in [0.2, 0.25) is 0 Å². The standard InChI is InChI=1S/C11H14BrFN2O/c12-8-3-7(13)4-9(14)10(8)15-5-11(6-16)1-2-11/h3-4,15-16H,1-2,5-6,14H2. The van der Waals surface area contributed by atoms with E-state index < -0.39 is 0 Å². The summed E-state index contributed by atoms with van der Waals surface area (Å²) in [6.45, 7) is 0.844. The minimum Gasteiger partial charge on any atom is -0.397 e. The Bertz CT molecular complexity index is 384. The minimum absolute atomic E-state index is 0.000264. The Balaban J connectivity index is 2.09. The molecule has 5 heteroatoms. The maximum absolute atomic E-state index is 13.0. The molecule has 0 heterocycles. The monoisotopic (exact) mass is 288 g/mol. The van der Waals surface area contributed by atoms with E-state index in [1.807, 2.05) is 0 Å². The summed E-state index contributed by atoms with van der Waals surface area (Å²) in [6.07, 6.45) is 2.05. The molecule has 0 amide bonds. The van der Waals surface area contributed by atoms with Crippen LogP contribution in [0.4, 0.5) is 15.8 Å². The third-order valence-electron chi connectivity index (χ3n) is 3.02. The van der Waals surface area contributed by atoms with E-state index in [0.29, 0.717) is 22.4 Å². The van der Waals surface area contributed by atoms with Crippen LogP contribution in [-0.2, 0) is 0 Å². The predicted molar refractivity (Wildman–Crippen MR) is 65.8 cm³/mol. The molecule has 1 fully saturated rings. The molecular formula is C11H14BrFN2O. The van der Waals surface area contributed by atoms with Gasteiger partial charge >= 0.3 is 0 Å². The van der Waals surface area contributed by atoms with Crippen molar-refractivity contribution in [2.45, 2.75) is 12.8 Å². The van der Waals surface area contributed by atoms with Crippen molar-refractivity contribution >= 4 is 27.3 Å². The van der Waals surface area contributed by atoms with Gasteiger partial charge in [0.15, 0.2) is 0 Å². The third-order valence-corrected chi connectivity index (χ3v) is 3.64.